The van der Waals surface area contributed by atoms with Crippen molar-refractivity contribution in [3.63, 3.8) is 0 Å². The highest BCUT2D eigenvalue weighted by atomic mass is 32.2. The fraction of sp³-hybridized carbons (Fsp3) is 0. The zero-order chi connectivity index (χ0) is 21.8. The number of fused-ring (bicyclic) bond motifs is 1. The lowest BCUT2D eigenvalue weighted by molar-refractivity contribution is 0.0700. The van der Waals surface area contributed by atoms with E-state index in [0.717, 1.165) is 0 Å². The van der Waals surface area contributed by atoms with Crippen molar-refractivity contribution in [1.82, 2.24) is 0 Å². The Morgan fingerprint density at radius 1 is 0.742 bits per heavy atom. The van der Waals surface area contributed by atoms with E-state index in [-0.39, 0.29) is 16.1 Å². The number of hydrogen-bond acceptors (Lipinski definition) is 5. The van der Waals surface area contributed by atoms with Gasteiger partial charge in [-0.05, 0) is 53.2 Å². The molecule has 154 valence electrons. The van der Waals surface area contributed by atoms with Crippen LogP contribution in [0.1, 0.15) is 10.4 Å². The minimum Gasteiger partial charge on any atom is -0.478 e. The summed E-state index contributed by atoms with van der Waals surface area (Å²) in [6, 6.07) is 25.0. The molecule has 31 heavy (non-hydrogen) atoms. The average Bonchev–Trinajstić information content (AvgIpc) is 2.78. The maximum absolute atomic E-state index is 12.8. The molecular formula is C23H17N3O4S. The van der Waals surface area contributed by atoms with Crippen LogP contribution in [0, 0.1) is 0 Å². The van der Waals surface area contributed by atoms with E-state index in [9.17, 15) is 18.3 Å². The molecule has 4 aromatic carbocycles. The predicted molar refractivity (Wildman–Crippen MR) is 119 cm³/mol. The fourth-order valence-electron chi connectivity index (χ4n) is 3.09. The maximum Gasteiger partial charge on any atom is 0.338 e. The van der Waals surface area contributed by atoms with Crippen LogP contribution in [0.25, 0.3) is 10.8 Å². The summed E-state index contributed by atoms with van der Waals surface area (Å²) in [5.74, 6) is -1.22. The highest BCUT2D eigenvalue weighted by molar-refractivity contribution is 7.92. The average molecular weight is 431 g/mol. The van der Waals surface area contributed by atoms with Gasteiger partial charge in [0, 0.05) is 0 Å². The summed E-state index contributed by atoms with van der Waals surface area (Å²) >= 11 is 0. The number of carboxylic acids is 1. The smallest absolute Gasteiger partial charge is 0.338 e. The molecule has 0 bridgehead atoms. The Morgan fingerprint density at radius 3 is 2.03 bits per heavy atom. The van der Waals surface area contributed by atoms with E-state index in [1.165, 1.54) is 30.3 Å². The van der Waals surface area contributed by atoms with Crippen LogP contribution in [0.2, 0.25) is 0 Å². The van der Waals surface area contributed by atoms with E-state index in [1.54, 1.807) is 42.5 Å². The third-order valence-electron chi connectivity index (χ3n) is 4.57. The molecule has 0 fully saturated rings. The highest BCUT2D eigenvalue weighted by Gasteiger charge is 2.20. The van der Waals surface area contributed by atoms with Gasteiger partial charge in [0.25, 0.3) is 10.0 Å². The standard InChI is InChI=1S/C23H17N3O4S/c27-23(28)22-20-9-5-4-6-16(20)10-15-21(22)26-31(29,30)19-13-11-18(12-14-19)25-24-17-7-2-1-3-8-17/h1-15,26H,(H,27,28)/b25-24-. The van der Waals surface area contributed by atoms with Crippen molar-refractivity contribution in [2.75, 3.05) is 4.72 Å². The molecule has 0 aliphatic heterocycles. The number of benzene rings is 4. The van der Waals surface area contributed by atoms with Crippen LogP contribution in [0.4, 0.5) is 17.1 Å². The second-order valence-corrected chi connectivity index (χ2v) is 8.33. The van der Waals surface area contributed by atoms with Crippen molar-refractivity contribution in [1.29, 1.82) is 0 Å². The minimum atomic E-state index is -4.01. The molecule has 4 rings (SSSR count). The Balaban J connectivity index is 1.62. The van der Waals surface area contributed by atoms with E-state index < -0.39 is 16.0 Å². The van der Waals surface area contributed by atoms with E-state index >= 15 is 0 Å². The molecule has 8 heteroatoms. The molecular weight excluding hydrogens is 414 g/mol. The Hall–Kier alpha value is -4.04. The molecule has 7 nitrogen and oxygen atoms in total. The lowest BCUT2D eigenvalue weighted by Crippen LogP contribution is -2.15. The quantitative estimate of drug-likeness (QED) is 0.379. The van der Waals surface area contributed by atoms with Gasteiger partial charge in [0.2, 0.25) is 0 Å². The summed E-state index contributed by atoms with van der Waals surface area (Å²) in [6.45, 7) is 0. The SMILES string of the molecule is O=C(O)c1c(NS(=O)(=O)c2ccc(/N=N\c3ccccc3)cc2)ccc2ccccc12. The fourth-order valence-corrected chi connectivity index (χ4v) is 4.16. The van der Waals surface area contributed by atoms with Gasteiger partial charge < -0.3 is 5.11 Å². The van der Waals surface area contributed by atoms with E-state index in [2.05, 4.69) is 15.0 Å². The van der Waals surface area contributed by atoms with Crippen LogP contribution in [0.15, 0.2) is 106 Å². The summed E-state index contributed by atoms with van der Waals surface area (Å²) in [7, 11) is -4.01. The van der Waals surface area contributed by atoms with Gasteiger partial charge in [-0.2, -0.15) is 10.2 Å². The Kier molecular flexibility index (Phi) is 5.46. The van der Waals surface area contributed by atoms with Crippen molar-refractivity contribution in [3.8, 4) is 0 Å². The summed E-state index contributed by atoms with van der Waals surface area (Å²) in [5.41, 5.74) is 1.06. The second kappa shape index (κ2) is 8.37. The highest BCUT2D eigenvalue weighted by Crippen LogP contribution is 2.29. The third kappa shape index (κ3) is 4.44. The van der Waals surface area contributed by atoms with Gasteiger partial charge in [-0.15, -0.1) is 0 Å². The number of sulfonamides is 1. The molecule has 2 N–H and O–H groups in total. The summed E-state index contributed by atoms with van der Waals surface area (Å²) in [5, 5.41) is 19.0. The topological polar surface area (TPSA) is 108 Å². The third-order valence-corrected chi connectivity index (χ3v) is 5.95. The first-order chi connectivity index (χ1) is 14.9. The summed E-state index contributed by atoms with van der Waals surface area (Å²) in [4.78, 5) is 11.8. The molecule has 0 heterocycles. The van der Waals surface area contributed by atoms with Gasteiger partial charge in [-0.3, -0.25) is 4.72 Å². The van der Waals surface area contributed by atoms with Crippen LogP contribution in [0.5, 0.6) is 0 Å². The maximum atomic E-state index is 12.8. The van der Waals surface area contributed by atoms with Gasteiger partial charge in [0.15, 0.2) is 0 Å². The van der Waals surface area contributed by atoms with Crippen LogP contribution in [-0.2, 0) is 10.0 Å². The zero-order valence-corrected chi connectivity index (χ0v) is 17.0. The van der Waals surface area contributed by atoms with Crippen LogP contribution in [-0.4, -0.2) is 19.5 Å². The first kappa shape index (κ1) is 20.2. The number of aromatic carboxylic acids is 1. The molecule has 0 aliphatic carbocycles. The number of azo groups is 1. The molecule has 0 saturated carbocycles. The van der Waals surface area contributed by atoms with E-state index in [4.69, 9.17) is 0 Å². The van der Waals surface area contributed by atoms with E-state index in [1.807, 2.05) is 18.2 Å². The number of nitrogens with zero attached hydrogens (tertiary/aromatic N) is 2. The molecule has 0 radical (unpaired) electrons. The van der Waals surface area contributed by atoms with Crippen molar-refractivity contribution in [2.24, 2.45) is 10.2 Å². The van der Waals surface area contributed by atoms with Crippen molar-refractivity contribution in [2.45, 2.75) is 4.90 Å². The van der Waals surface area contributed by atoms with Crippen LogP contribution < -0.4 is 4.72 Å². The van der Waals surface area contributed by atoms with Gasteiger partial charge in [-0.25, -0.2) is 13.2 Å². The van der Waals surface area contributed by atoms with Crippen molar-refractivity contribution < 1.29 is 18.3 Å². The Bertz CT molecular complexity index is 1380. The predicted octanol–water partition coefficient (Wildman–Crippen LogP) is 5.75. The van der Waals surface area contributed by atoms with Gasteiger partial charge >= 0.3 is 5.97 Å². The molecule has 0 spiro atoms. The van der Waals surface area contributed by atoms with Gasteiger partial charge in [0.05, 0.1) is 27.5 Å². The zero-order valence-electron chi connectivity index (χ0n) is 16.1. The monoisotopic (exact) mass is 431 g/mol. The first-order valence-electron chi connectivity index (χ1n) is 9.29. The molecule has 0 aliphatic rings. The molecule has 0 atom stereocenters. The first-order valence-corrected chi connectivity index (χ1v) is 10.8. The van der Waals surface area contributed by atoms with Crippen molar-refractivity contribution >= 4 is 43.8 Å². The number of carbonyl (C=O) groups is 1. The largest absolute Gasteiger partial charge is 0.478 e. The molecule has 0 saturated heterocycles. The number of rotatable bonds is 6. The normalized spacial score (nSPS) is 11.6. The van der Waals surface area contributed by atoms with Gasteiger partial charge in [-0.1, -0.05) is 48.5 Å². The van der Waals surface area contributed by atoms with Crippen molar-refractivity contribution in [3.05, 3.63) is 96.6 Å². The van der Waals surface area contributed by atoms with Gasteiger partial charge in [0.1, 0.15) is 0 Å². The number of nitrogens with one attached hydrogen (secondary N) is 1. The lowest BCUT2D eigenvalue weighted by Gasteiger charge is -2.13. The molecule has 0 aromatic heterocycles. The second-order valence-electron chi connectivity index (χ2n) is 6.65. The Labute approximate surface area is 178 Å². The molecule has 0 unspecified atom stereocenters. The molecule has 0 amide bonds. The Morgan fingerprint density at radius 2 is 1.35 bits per heavy atom. The minimum absolute atomic E-state index is 0.000887. The summed E-state index contributed by atoms with van der Waals surface area (Å²) < 4.78 is 28.1. The summed E-state index contributed by atoms with van der Waals surface area (Å²) in [6.07, 6.45) is 0. The van der Waals surface area contributed by atoms with E-state index in [0.29, 0.717) is 22.1 Å². The number of carboxylic acid groups (broad SMARTS) is 1. The number of anilines is 1. The molecule has 4 aromatic rings. The number of hydrogen-bond donors (Lipinski definition) is 2. The lowest BCUT2D eigenvalue weighted by atomic mass is 10.0. The van der Waals surface area contributed by atoms with Crippen LogP contribution in [0.3, 0.4) is 0 Å². The van der Waals surface area contributed by atoms with Crippen LogP contribution >= 0.6 is 0 Å².